The minimum atomic E-state index is 0.719. The molecular formula is C13H17ClN2. The molecule has 0 spiro atoms. The zero-order valence-electron chi connectivity index (χ0n) is 9.54. The first-order valence-corrected chi connectivity index (χ1v) is 6.19. The first kappa shape index (κ1) is 11.5. The highest BCUT2D eigenvalue weighted by molar-refractivity contribution is 6.33. The molecule has 1 aliphatic rings. The topological polar surface area (TPSA) is 24.4 Å². The van der Waals surface area contributed by atoms with Gasteiger partial charge >= 0.3 is 0 Å². The molecule has 1 fully saturated rings. The summed E-state index contributed by atoms with van der Waals surface area (Å²) in [5.41, 5.74) is 5.20. The number of halogens is 1. The summed E-state index contributed by atoms with van der Waals surface area (Å²) >= 11 is 6.03. The van der Waals surface area contributed by atoms with Gasteiger partial charge < -0.3 is 0 Å². The SMILES string of the molecule is CC1CCC(=NNc2ccccc2Cl)CC1. The van der Waals surface area contributed by atoms with Crippen molar-refractivity contribution in [2.24, 2.45) is 11.0 Å². The van der Waals surface area contributed by atoms with Crippen molar-refractivity contribution in [2.75, 3.05) is 5.43 Å². The van der Waals surface area contributed by atoms with Gasteiger partial charge in [0.1, 0.15) is 0 Å². The molecular weight excluding hydrogens is 220 g/mol. The third kappa shape index (κ3) is 2.99. The van der Waals surface area contributed by atoms with Crippen molar-refractivity contribution < 1.29 is 0 Å². The number of para-hydroxylation sites is 1. The highest BCUT2D eigenvalue weighted by Gasteiger charge is 2.13. The Morgan fingerprint density at radius 3 is 2.62 bits per heavy atom. The normalized spacial score (nSPS) is 20.6. The van der Waals surface area contributed by atoms with E-state index in [0.717, 1.165) is 29.5 Å². The lowest BCUT2D eigenvalue weighted by molar-refractivity contribution is 0.483. The molecule has 2 rings (SSSR count). The first-order chi connectivity index (χ1) is 7.75. The van der Waals surface area contributed by atoms with Gasteiger partial charge in [0.05, 0.1) is 10.7 Å². The fraction of sp³-hybridized carbons (Fsp3) is 0.462. The number of hydrogen-bond donors (Lipinski definition) is 1. The molecule has 0 amide bonds. The summed E-state index contributed by atoms with van der Waals surface area (Å²) in [7, 11) is 0. The van der Waals surface area contributed by atoms with Gasteiger partial charge in [-0.25, -0.2) is 0 Å². The molecule has 1 aromatic carbocycles. The van der Waals surface area contributed by atoms with Gasteiger partial charge in [-0.1, -0.05) is 30.7 Å². The van der Waals surface area contributed by atoms with Crippen LogP contribution in [-0.4, -0.2) is 5.71 Å². The van der Waals surface area contributed by atoms with E-state index in [1.54, 1.807) is 0 Å². The van der Waals surface area contributed by atoms with Gasteiger partial charge in [0, 0.05) is 5.71 Å². The van der Waals surface area contributed by atoms with Crippen molar-refractivity contribution in [3.8, 4) is 0 Å². The largest absolute Gasteiger partial charge is 0.277 e. The molecule has 86 valence electrons. The Balaban J connectivity index is 1.96. The summed E-state index contributed by atoms with van der Waals surface area (Å²) in [6, 6.07) is 7.69. The van der Waals surface area contributed by atoms with E-state index in [1.807, 2.05) is 24.3 Å². The number of nitrogens with one attached hydrogen (secondary N) is 1. The lowest BCUT2D eigenvalue weighted by atomic mass is 9.90. The van der Waals surface area contributed by atoms with Gasteiger partial charge in [-0.05, 0) is 43.7 Å². The summed E-state index contributed by atoms with van der Waals surface area (Å²) in [5.74, 6) is 0.847. The van der Waals surface area contributed by atoms with E-state index in [0.29, 0.717) is 0 Å². The van der Waals surface area contributed by atoms with Crippen LogP contribution in [-0.2, 0) is 0 Å². The maximum absolute atomic E-state index is 6.03. The fourth-order valence-electron chi connectivity index (χ4n) is 1.90. The second-order valence-corrected chi connectivity index (χ2v) is 4.86. The average molecular weight is 237 g/mol. The molecule has 0 bridgehead atoms. The van der Waals surface area contributed by atoms with Crippen molar-refractivity contribution in [2.45, 2.75) is 32.6 Å². The van der Waals surface area contributed by atoms with Gasteiger partial charge in [-0.15, -0.1) is 0 Å². The molecule has 0 aliphatic heterocycles. The summed E-state index contributed by atoms with van der Waals surface area (Å²) in [6.07, 6.45) is 4.73. The van der Waals surface area contributed by atoms with Crippen LogP contribution in [0.2, 0.25) is 5.02 Å². The minimum absolute atomic E-state index is 0.719. The van der Waals surface area contributed by atoms with Crippen molar-refractivity contribution in [1.29, 1.82) is 0 Å². The van der Waals surface area contributed by atoms with Crippen molar-refractivity contribution in [3.63, 3.8) is 0 Å². The molecule has 2 nitrogen and oxygen atoms in total. The molecule has 0 unspecified atom stereocenters. The van der Waals surface area contributed by atoms with E-state index < -0.39 is 0 Å². The second-order valence-electron chi connectivity index (χ2n) is 4.45. The van der Waals surface area contributed by atoms with Crippen LogP contribution in [0.5, 0.6) is 0 Å². The summed E-state index contributed by atoms with van der Waals surface area (Å²) in [5, 5.41) is 5.15. The number of rotatable bonds is 2. The number of anilines is 1. The summed E-state index contributed by atoms with van der Waals surface area (Å²) in [6.45, 7) is 2.30. The zero-order valence-corrected chi connectivity index (χ0v) is 10.3. The molecule has 16 heavy (non-hydrogen) atoms. The Kier molecular flexibility index (Phi) is 3.83. The maximum atomic E-state index is 6.03. The monoisotopic (exact) mass is 236 g/mol. The third-order valence-corrected chi connectivity index (χ3v) is 3.39. The van der Waals surface area contributed by atoms with Crippen LogP contribution in [0.3, 0.4) is 0 Å². The molecule has 0 aromatic heterocycles. The Hall–Kier alpha value is -1.02. The lowest BCUT2D eigenvalue weighted by Crippen LogP contribution is -2.13. The molecule has 0 saturated heterocycles. The quantitative estimate of drug-likeness (QED) is 0.760. The summed E-state index contributed by atoms with van der Waals surface area (Å²) < 4.78 is 0. The van der Waals surface area contributed by atoms with Crippen molar-refractivity contribution in [1.82, 2.24) is 0 Å². The van der Waals surface area contributed by atoms with E-state index in [1.165, 1.54) is 18.6 Å². The Labute approximate surface area is 102 Å². The molecule has 3 heteroatoms. The molecule has 1 aromatic rings. The van der Waals surface area contributed by atoms with Crippen LogP contribution in [0.4, 0.5) is 5.69 Å². The molecule has 0 heterocycles. The first-order valence-electron chi connectivity index (χ1n) is 5.81. The molecule has 1 aliphatic carbocycles. The number of hydrogen-bond acceptors (Lipinski definition) is 2. The average Bonchev–Trinajstić information content (AvgIpc) is 2.30. The maximum Gasteiger partial charge on any atom is 0.0748 e. The Morgan fingerprint density at radius 1 is 1.25 bits per heavy atom. The van der Waals surface area contributed by atoms with Gasteiger partial charge in [0.25, 0.3) is 0 Å². The Morgan fingerprint density at radius 2 is 1.94 bits per heavy atom. The van der Waals surface area contributed by atoms with Gasteiger partial charge in [0.2, 0.25) is 0 Å². The molecule has 0 radical (unpaired) electrons. The number of benzene rings is 1. The smallest absolute Gasteiger partial charge is 0.0748 e. The van der Waals surface area contributed by atoms with Crippen LogP contribution in [0.1, 0.15) is 32.6 Å². The highest BCUT2D eigenvalue weighted by atomic mass is 35.5. The standard InChI is InChI=1S/C13H17ClN2/c1-10-6-8-11(9-7-10)15-16-13-5-3-2-4-12(13)14/h2-5,10,16H,6-9H2,1H3. The van der Waals surface area contributed by atoms with Crippen LogP contribution >= 0.6 is 11.6 Å². The van der Waals surface area contributed by atoms with Gasteiger partial charge in [0.15, 0.2) is 0 Å². The Bertz CT molecular complexity index is 377. The van der Waals surface area contributed by atoms with Crippen molar-refractivity contribution in [3.05, 3.63) is 29.3 Å². The number of nitrogens with zero attached hydrogens (tertiary/aromatic N) is 1. The minimum Gasteiger partial charge on any atom is -0.277 e. The third-order valence-electron chi connectivity index (χ3n) is 3.06. The number of hydrazone groups is 1. The van der Waals surface area contributed by atoms with E-state index in [9.17, 15) is 0 Å². The molecule has 0 atom stereocenters. The van der Waals surface area contributed by atoms with Crippen LogP contribution in [0.15, 0.2) is 29.4 Å². The fourth-order valence-corrected chi connectivity index (χ4v) is 2.08. The zero-order chi connectivity index (χ0) is 11.4. The second kappa shape index (κ2) is 5.35. The molecule has 1 N–H and O–H groups in total. The van der Waals surface area contributed by atoms with E-state index in [4.69, 9.17) is 11.6 Å². The van der Waals surface area contributed by atoms with E-state index in [-0.39, 0.29) is 0 Å². The van der Waals surface area contributed by atoms with E-state index in [2.05, 4.69) is 17.5 Å². The van der Waals surface area contributed by atoms with Gasteiger partial charge in [-0.2, -0.15) is 5.10 Å². The van der Waals surface area contributed by atoms with Crippen LogP contribution in [0.25, 0.3) is 0 Å². The van der Waals surface area contributed by atoms with Crippen molar-refractivity contribution >= 4 is 23.0 Å². The van der Waals surface area contributed by atoms with Crippen LogP contribution in [0, 0.1) is 5.92 Å². The predicted molar refractivity (Wildman–Crippen MR) is 70.1 cm³/mol. The lowest BCUT2D eigenvalue weighted by Gasteiger charge is -2.19. The van der Waals surface area contributed by atoms with Gasteiger partial charge in [-0.3, -0.25) is 5.43 Å². The molecule has 1 saturated carbocycles. The van der Waals surface area contributed by atoms with Crippen LogP contribution < -0.4 is 5.43 Å². The summed E-state index contributed by atoms with van der Waals surface area (Å²) in [4.78, 5) is 0. The van der Waals surface area contributed by atoms with E-state index >= 15 is 0 Å². The predicted octanol–water partition coefficient (Wildman–Crippen LogP) is 4.32. The highest BCUT2D eigenvalue weighted by Crippen LogP contribution is 2.23.